The van der Waals surface area contributed by atoms with Crippen LogP contribution in [0, 0.1) is 11.8 Å². The monoisotopic (exact) mass is 331 g/mol. The number of nitrogens with one attached hydrogen (secondary N) is 1. The van der Waals surface area contributed by atoms with Crippen molar-refractivity contribution in [2.75, 3.05) is 11.9 Å². The van der Waals surface area contributed by atoms with E-state index in [1.807, 2.05) is 43.0 Å². The molecule has 1 aliphatic carbocycles. The van der Waals surface area contributed by atoms with Crippen LogP contribution in [0.25, 0.3) is 0 Å². The Kier molecular flexibility index (Phi) is 6.37. The molecular weight excluding hydrogens is 302 g/mol. The average Bonchev–Trinajstić information content (AvgIpc) is 3.02. The van der Waals surface area contributed by atoms with E-state index in [9.17, 15) is 9.59 Å². The van der Waals surface area contributed by atoms with Gasteiger partial charge in [0.2, 0.25) is 11.8 Å². The summed E-state index contributed by atoms with van der Waals surface area (Å²) >= 11 is 0. The molecule has 5 heteroatoms. The summed E-state index contributed by atoms with van der Waals surface area (Å²) < 4.78 is 0. The molecule has 5 nitrogen and oxygen atoms in total. The number of nitrogens with two attached hydrogens (primary N) is 1. The number of nitrogens with zero attached hydrogens (tertiary/aromatic N) is 1. The van der Waals surface area contributed by atoms with Crippen LogP contribution in [0.3, 0.4) is 0 Å². The highest BCUT2D eigenvalue weighted by Gasteiger charge is 2.31. The molecule has 0 aromatic heterocycles. The van der Waals surface area contributed by atoms with Crippen LogP contribution < -0.4 is 11.1 Å². The molecule has 2 amide bonds. The van der Waals surface area contributed by atoms with E-state index in [-0.39, 0.29) is 23.8 Å². The topological polar surface area (TPSA) is 75.4 Å². The van der Waals surface area contributed by atoms with E-state index < -0.39 is 0 Å². The number of rotatable bonds is 6. The first-order valence-electron chi connectivity index (χ1n) is 8.79. The molecule has 1 fully saturated rings. The maximum Gasteiger partial charge on any atom is 0.227 e. The molecule has 132 valence electrons. The number of amides is 2. The zero-order valence-corrected chi connectivity index (χ0v) is 14.9. The molecule has 2 rings (SSSR count). The van der Waals surface area contributed by atoms with Gasteiger partial charge in [-0.15, -0.1) is 0 Å². The second kappa shape index (κ2) is 8.29. The van der Waals surface area contributed by atoms with Gasteiger partial charge in [-0.2, -0.15) is 0 Å². The number of hydrogen-bond donors (Lipinski definition) is 2. The lowest BCUT2D eigenvalue weighted by molar-refractivity contribution is -0.131. The first-order chi connectivity index (χ1) is 11.4. The summed E-state index contributed by atoms with van der Waals surface area (Å²) in [6.45, 7) is 6.76. The van der Waals surface area contributed by atoms with Crippen molar-refractivity contribution in [1.29, 1.82) is 0 Å². The second-order valence-corrected chi connectivity index (χ2v) is 6.96. The third-order valence-electron chi connectivity index (χ3n) is 4.90. The molecule has 1 aromatic carbocycles. The Balaban J connectivity index is 1.96. The quantitative estimate of drug-likeness (QED) is 0.841. The van der Waals surface area contributed by atoms with Gasteiger partial charge in [0.1, 0.15) is 0 Å². The van der Waals surface area contributed by atoms with Crippen LogP contribution in [0.15, 0.2) is 24.3 Å². The van der Waals surface area contributed by atoms with Crippen LogP contribution in [0.1, 0.15) is 45.6 Å². The maximum atomic E-state index is 12.4. The van der Waals surface area contributed by atoms with Gasteiger partial charge in [-0.3, -0.25) is 9.59 Å². The lowest BCUT2D eigenvalue weighted by atomic mass is 9.95. The van der Waals surface area contributed by atoms with E-state index in [0.29, 0.717) is 19.0 Å². The van der Waals surface area contributed by atoms with E-state index in [2.05, 4.69) is 5.32 Å². The lowest BCUT2D eigenvalue weighted by Gasteiger charge is -2.25. The summed E-state index contributed by atoms with van der Waals surface area (Å²) in [5.41, 5.74) is 7.61. The van der Waals surface area contributed by atoms with Crippen LogP contribution in [0.5, 0.6) is 0 Å². The summed E-state index contributed by atoms with van der Waals surface area (Å²) in [5, 5.41) is 3.00. The van der Waals surface area contributed by atoms with Gasteiger partial charge in [-0.25, -0.2) is 0 Å². The minimum absolute atomic E-state index is 0.0313. The zero-order valence-electron chi connectivity index (χ0n) is 14.9. The maximum absolute atomic E-state index is 12.4. The molecule has 0 aliphatic heterocycles. The Morgan fingerprint density at radius 1 is 1.25 bits per heavy atom. The third-order valence-corrected chi connectivity index (χ3v) is 4.90. The molecule has 3 N–H and O–H groups in total. The van der Waals surface area contributed by atoms with Crippen LogP contribution in [-0.2, 0) is 16.1 Å². The Morgan fingerprint density at radius 2 is 1.92 bits per heavy atom. The molecule has 0 heterocycles. The Morgan fingerprint density at radius 3 is 2.46 bits per heavy atom. The number of hydrogen-bond acceptors (Lipinski definition) is 3. The summed E-state index contributed by atoms with van der Waals surface area (Å²) in [7, 11) is 0. The van der Waals surface area contributed by atoms with Crippen LogP contribution >= 0.6 is 0 Å². The molecule has 1 aromatic rings. The van der Waals surface area contributed by atoms with Gasteiger partial charge < -0.3 is 16.0 Å². The van der Waals surface area contributed by atoms with E-state index in [1.165, 1.54) is 0 Å². The van der Waals surface area contributed by atoms with E-state index >= 15 is 0 Å². The van der Waals surface area contributed by atoms with E-state index in [0.717, 1.165) is 30.5 Å². The molecule has 0 bridgehead atoms. The van der Waals surface area contributed by atoms with Gasteiger partial charge in [-0.1, -0.05) is 18.6 Å². The van der Waals surface area contributed by atoms with Crippen LogP contribution in [-0.4, -0.2) is 29.3 Å². The second-order valence-electron chi connectivity index (χ2n) is 6.96. The van der Waals surface area contributed by atoms with Gasteiger partial charge in [0, 0.05) is 31.1 Å². The van der Waals surface area contributed by atoms with E-state index in [4.69, 9.17) is 5.73 Å². The number of benzene rings is 1. The molecular formula is C19H29N3O2. The average molecular weight is 331 g/mol. The molecule has 0 radical (unpaired) electrons. The highest BCUT2D eigenvalue weighted by atomic mass is 16.2. The fraction of sp³-hybridized carbons (Fsp3) is 0.579. The molecule has 0 saturated heterocycles. The molecule has 2 atom stereocenters. The van der Waals surface area contributed by atoms with Crippen molar-refractivity contribution in [2.45, 2.75) is 52.6 Å². The Labute approximate surface area is 144 Å². The van der Waals surface area contributed by atoms with Gasteiger partial charge in [0.25, 0.3) is 0 Å². The zero-order chi connectivity index (χ0) is 17.7. The minimum Gasteiger partial charge on any atom is -0.336 e. The fourth-order valence-electron chi connectivity index (χ4n) is 3.45. The summed E-state index contributed by atoms with van der Waals surface area (Å²) in [6.07, 6.45) is 3.05. The highest BCUT2D eigenvalue weighted by Crippen LogP contribution is 2.31. The molecule has 0 spiro atoms. The van der Waals surface area contributed by atoms with Crippen molar-refractivity contribution in [1.82, 2.24) is 4.90 Å². The van der Waals surface area contributed by atoms with Crippen molar-refractivity contribution in [3.63, 3.8) is 0 Å². The SMILES string of the molecule is CC(=O)N(Cc1ccc(NC(=O)[C@@H]2CCC[C@@H]2CN)cc1)C(C)C. The number of anilines is 1. The van der Waals surface area contributed by atoms with Gasteiger partial charge in [0.15, 0.2) is 0 Å². The first kappa shape index (κ1) is 18.5. The van der Waals surface area contributed by atoms with E-state index in [1.54, 1.807) is 6.92 Å². The Hall–Kier alpha value is -1.88. The predicted molar refractivity (Wildman–Crippen MR) is 96.3 cm³/mol. The number of carbonyl (C=O) groups excluding carboxylic acids is 2. The summed E-state index contributed by atoms with van der Waals surface area (Å²) in [5.74, 6) is 0.475. The van der Waals surface area contributed by atoms with Crippen LogP contribution in [0.2, 0.25) is 0 Å². The number of carbonyl (C=O) groups is 2. The van der Waals surface area contributed by atoms with Crippen molar-refractivity contribution in [3.05, 3.63) is 29.8 Å². The summed E-state index contributed by atoms with van der Waals surface area (Å²) in [4.78, 5) is 25.9. The predicted octanol–water partition coefficient (Wildman–Crippen LogP) is 2.76. The van der Waals surface area contributed by atoms with Crippen molar-refractivity contribution in [3.8, 4) is 0 Å². The largest absolute Gasteiger partial charge is 0.336 e. The third kappa shape index (κ3) is 4.57. The van der Waals surface area contributed by atoms with Crippen LogP contribution in [0.4, 0.5) is 5.69 Å². The first-order valence-corrected chi connectivity index (χ1v) is 8.79. The normalized spacial score (nSPS) is 20.2. The molecule has 1 aliphatic rings. The highest BCUT2D eigenvalue weighted by molar-refractivity contribution is 5.92. The van der Waals surface area contributed by atoms with Crippen molar-refractivity contribution < 1.29 is 9.59 Å². The smallest absolute Gasteiger partial charge is 0.227 e. The van der Waals surface area contributed by atoms with Gasteiger partial charge >= 0.3 is 0 Å². The summed E-state index contributed by atoms with van der Waals surface area (Å²) in [6, 6.07) is 7.89. The fourth-order valence-corrected chi connectivity index (χ4v) is 3.45. The molecule has 0 unspecified atom stereocenters. The van der Waals surface area contributed by atoms with Gasteiger partial charge in [0.05, 0.1) is 0 Å². The van der Waals surface area contributed by atoms with Gasteiger partial charge in [-0.05, 0) is 56.8 Å². The van der Waals surface area contributed by atoms with Crippen molar-refractivity contribution >= 4 is 17.5 Å². The molecule has 1 saturated carbocycles. The Bertz CT molecular complexity index is 568. The van der Waals surface area contributed by atoms with Crippen molar-refractivity contribution in [2.24, 2.45) is 17.6 Å². The standard InChI is InChI=1S/C19H29N3O2/c1-13(2)22(14(3)23)12-15-7-9-17(10-8-15)21-19(24)18-6-4-5-16(18)11-20/h7-10,13,16,18H,4-6,11-12,20H2,1-3H3,(H,21,24)/t16-,18-/m1/s1. The minimum atomic E-state index is 0.0313. The molecule has 24 heavy (non-hydrogen) atoms. The lowest BCUT2D eigenvalue weighted by Crippen LogP contribution is -2.34.